The van der Waals surface area contributed by atoms with Crippen LogP contribution in [-0.2, 0) is 16.0 Å². The molecule has 8 nitrogen and oxygen atoms in total. The lowest BCUT2D eigenvalue weighted by molar-refractivity contribution is -0.128. The highest BCUT2D eigenvalue weighted by molar-refractivity contribution is 7.15. The number of carbonyl (C=O) groups is 3. The smallest absolute Gasteiger partial charge is 0.257 e. The summed E-state index contributed by atoms with van der Waals surface area (Å²) in [5.41, 5.74) is 1.15. The SMILES string of the molecule is CCCCN1CC(C(=O)Nc2ccc(C(=O)Nc3nnc(CC(C)(C)C)s3)cc2)CC1=O. The predicted molar refractivity (Wildman–Crippen MR) is 126 cm³/mol. The highest BCUT2D eigenvalue weighted by Crippen LogP contribution is 2.25. The van der Waals surface area contributed by atoms with Crippen molar-refractivity contribution < 1.29 is 14.4 Å². The number of anilines is 2. The fourth-order valence-electron chi connectivity index (χ4n) is 3.46. The fraction of sp³-hybridized carbons (Fsp3) is 0.522. The summed E-state index contributed by atoms with van der Waals surface area (Å²) in [7, 11) is 0. The lowest BCUT2D eigenvalue weighted by atomic mass is 9.93. The van der Waals surface area contributed by atoms with Gasteiger partial charge in [-0.1, -0.05) is 45.5 Å². The minimum atomic E-state index is -0.345. The molecule has 0 bridgehead atoms. The number of nitrogens with one attached hydrogen (secondary N) is 2. The highest BCUT2D eigenvalue weighted by Gasteiger charge is 2.33. The molecule has 1 atom stereocenters. The molecule has 2 aromatic rings. The van der Waals surface area contributed by atoms with Gasteiger partial charge >= 0.3 is 0 Å². The number of hydrogen-bond donors (Lipinski definition) is 2. The lowest BCUT2D eigenvalue weighted by Crippen LogP contribution is -2.29. The Morgan fingerprint density at radius 1 is 1.16 bits per heavy atom. The summed E-state index contributed by atoms with van der Waals surface area (Å²) in [6.45, 7) is 9.62. The van der Waals surface area contributed by atoms with Gasteiger partial charge in [-0.2, -0.15) is 0 Å². The van der Waals surface area contributed by atoms with E-state index in [-0.39, 0.29) is 35.5 Å². The molecule has 3 rings (SSSR count). The van der Waals surface area contributed by atoms with Crippen LogP contribution in [0.5, 0.6) is 0 Å². The Hall–Kier alpha value is -2.81. The average molecular weight is 458 g/mol. The van der Waals surface area contributed by atoms with E-state index in [2.05, 4.69) is 48.5 Å². The summed E-state index contributed by atoms with van der Waals surface area (Å²) < 4.78 is 0. The van der Waals surface area contributed by atoms with Crippen LogP contribution in [0.25, 0.3) is 0 Å². The number of rotatable bonds is 8. The Labute approximate surface area is 192 Å². The van der Waals surface area contributed by atoms with Gasteiger partial charge < -0.3 is 10.2 Å². The number of aromatic nitrogens is 2. The molecule has 0 radical (unpaired) electrons. The van der Waals surface area contributed by atoms with E-state index >= 15 is 0 Å². The van der Waals surface area contributed by atoms with E-state index in [4.69, 9.17) is 0 Å². The number of amides is 3. The molecule has 3 amide bonds. The van der Waals surface area contributed by atoms with Gasteiger partial charge in [0, 0.05) is 37.2 Å². The molecule has 9 heteroatoms. The maximum absolute atomic E-state index is 12.6. The summed E-state index contributed by atoms with van der Waals surface area (Å²) in [6, 6.07) is 6.66. The van der Waals surface area contributed by atoms with Gasteiger partial charge in [-0.05, 0) is 36.1 Å². The largest absolute Gasteiger partial charge is 0.342 e. The lowest BCUT2D eigenvalue weighted by Gasteiger charge is -2.16. The zero-order valence-corrected chi connectivity index (χ0v) is 19.9. The third-order valence-corrected chi connectivity index (χ3v) is 5.99. The van der Waals surface area contributed by atoms with Gasteiger partial charge in [0.25, 0.3) is 5.91 Å². The van der Waals surface area contributed by atoms with E-state index in [0.29, 0.717) is 29.5 Å². The Morgan fingerprint density at radius 2 is 1.88 bits per heavy atom. The van der Waals surface area contributed by atoms with Crippen molar-refractivity contribution in [3.63, 3.8) is 0 Å². The molecule has 0 spiro atoms. The summed E-state index contributed by atoms with van der Waals surface area (Å²) in [5.74, 6) is -0.765. The molecule has 1 saturated heterocycles. The summed E-state index contributed by atoms with van der Waals surface area (Å²) in [5, 5.41) is 15.2. The second kappa shape index (κ2) is 10.2. The van der Waals surface area contributed by atoms with Crippen molar-refractivity contribution in [2.45, 2.75) is 53.4 Å². The van der Waals surface area contributed by atoms with Crippen molar-refractivity contribution in [3.05, 3.63) is 34.8 Å². The van der Waals surface area contributed by atoms with Gasteiger partial charge in [0.15, 0.2) is 0 Å². The molecule has 1 aliphatic heterocycles. The summed E-state index contributed by atoms with van der Waals surface area (Å²) in [4.78, 5) is 38.9. The van der Waals surface area contributed by atoms with Crippen molar-refractivity contribution in [2.24, 2.45) is 11.3 Å². The average Bonchev–Trinajstić information content (AvgIpc) is 3.31. The monoisotopic (exact) mass is 457 g/mol. The number of benzene rings is 1. The van der Waals surface area contributed by atoms with Crippen molar-refractivity contribution in [3.8, 4) is 0 Å². The van der Waals surface area contributed by atoms with Crippen LogP contribution >= 0.6 is 11.3 Å². The highest BCUT2D eigenvalue weighted by atomic mass is 32.1. The molecule has 0 aliphatic carbocycles. The van der Waals surface area contributed by atoms with E-state index in [9.17, 15) is 14.4 Å². The van der Waals surface area contributed by atoms with Crippen LogP contribution < -0.4 is 10.6 Å². The molecular formula is C23H31N5O3S. The maximum atomic E-state index is 12.6. The number of hydrogen-bond acceptors (Lipinski definition) is 6. The third-order valence-electron chi connectivity index (χ3n) is 5.15. The molecule has 2 N–H and O–H groups in total. The first-order valence-electron chi connectivity index (χ1n) is 11.0. The molecule has 0 saturated carbocycles. The van der Waals surface area contributed by atoms with E-state index < -0.39 is 0 Å². The van der Waals surface area contributed by atoms with Gasteiger partial charge in [-0.15, -0.1) is 10.2 Å². The van der Waals surface area contributed by atoms with E-state index in [1.54, 1.807) is 29.2 Å². The summed E-state index contributed by atoms with van der Waals surface area (Å²) >= 11 is 1.37. The summed E-state index contributed by atoms with van der Waals surface area (Å²) in [6.07, 6.45) is 2.99. The number of carbonyl (C=O) groups excluding carboxylic acids is 3. The molecule has 1 aliphatic rings. The third kappa shape index (κ3) is 6.59. The van der Waals surface area contributed by atoms with E-state index in [1.807, 2.05) is 0 Å². The number of unbranched alkanes of at least 4 members (excludes halogenated alkanes) is 1. The van der Waals surface area contributed by atoms with Crippen molar-refractivity contribution in [1.29, 1.82) is 0 Å². The van der Waals surface area contributed by atoms with Crippen LogP contribution in [0, 0.1) is 11.3 Å². The quantitative estimate of drug-likeness (QED) is 0.624. The first-order chi connectivity index (χ1) is 15.1. The minimum Gasteiger partial charge on any atom is -0.342 e. The molecule has 172 valence electrons. The van der Waals surface area contributed by atoms with E-state index in [1.165, 1.54) is 11.3 Å². The Morgan fingerprint density at radius 3 is 2.53 bits per heavy atom. The van der Waals surface area contributed by atoms with E-state index in [0.717, 1.165) is 24.3 Å². The molecule has 32 heavy (non-hydrogen) atoms. The van der Waals surface area contributed by atoms with Gasteiger partial charge in [0.2, 0.25) is 16.9 Å². The second-order valence-electron chi connectivity index (χ2n) is 9.35. The van der Waals surface area contributed by atoms with Crippen molar-refractivity contribution in [1.82, 2.24) is 15.1 Å². The first kappa shape index (κ1) is 23.8. The molecular weight excluding hydrogens is 426 g/mol. The molecule has 1 aromatic carbocycles. The normalized spacial score (nSPS) is 16.3. The second-order valence-corrected chi connectivity index (χ2v) is 10.4. The minimum absolute atomic E-state index is 0.0351. The molecule has 1 fully saturated rings. The fourth-order valence-corrected chi connectivity index (χ4v) is 4.50. The Balaban J connectivity index is 1.53. The van der Waals surface area contributed by atoms with Gasteiger partial charge in [0.05, 0.1) is 5.92 Å². The van der Waals surface area contributed by atoms with Gasteiger partial charge in [0.1, 0.15) is 5.01 Å². The number of likely N-dealkylation sites (tertiary alicyclic amines) is 1. The first-order valence-corrected chi connectivity index (χ1v) is 11.8. The predicted octanol–water partition coefficient (Wildman–Crippen LogP) is 3.97. The molecule has 2 heterocycles. The van der Waals surface area contributed by atoms with Crippen LogP contribution in [0.4, 0.5) is 10.8 Å². The zero-order chi connectivity index (χ0) is 23.3. The van der Waals surface area contributed by atoms with Crippen LogP contribution in [0.15, 0.2) is 24.3 Å². The van der Waals surface area contributed by atoms with Crippen molar-refractivity contribution >= 4 is 39.9 Å². The topological polar surface area (TPSA) is 104 Å². The Kier molecular flexibility index (Phi) is 7.60. The van der Waals surface area contributed by atoms with Crippen LogP contribution in [0.1, 0.15) is 62.3 Å². The zero-order valence-electron chi connectivity index (χ0n) is 19.1. The Bertz CT molecular complexity index is 965. The van der Waals surface area contributed by atoms with Crippen LogP contribution in [0.3, 0.4) is 0 Å². The molecule has 1 aromatic heterocycles. The maximum Gasteiger partial charge on any atom is 0.257 e. The van der Waals surface area contributed by atoms with Gasteiger partial charge in [-0.3, -0.25) is 19.7 Å². The standard InChI is InChI=1S/C23H31N5O3S/c1-5-6-11-28-14-16(12-19(28)29)21(31)24-17-9-7-15(8-10-17)20(30)25-22-27-26-18(32-22)13-23(2,3)4/h7-10,16H,5-6,11-14H2,1-4H3,(H,24,31)(H,25,27,30). The van der Waals surface area contributed by atoms with Gasteiger partial charge in [-0.25, -0.2) is 0 Å². The number of nitrogens with zero attached hydrogens (tertiary/aromatic N) is 3. The van der Waals surface area contributed by atoms with Crippen LogP contribution in [-0.4, -0.2) is 45.9 Å². The van der Waals surface area contributed by atoms with Crippen molar-refractivity contribution in [2.75, 3.05) is 23.7 Å². The van der Waals surface area contributed by atoms with Crippen LogP contribution in [0.2, 0.25) is 0 Å². The molecule has 1 unspecified atom stereocenters.